The molecule has 0 radical (unpaired) electrons. The van der Waals surface area contributed by atoms with Crippen molar-refractivity contribution in [2.24, 2.45) is 0 Å². The molecule has 0 spiro atoms. The number of rotatable bonds is 8. The Morgan fingerprint density at radius 1 is 1.31 bits per heavy atom. The Balaban J connectivity index is 4.38. The Bertz CT molecular complexity index is 256. The normalized spacial score (nSPS) is 10.7. The fourth-order valence-corrected chi connectivity index (χ4v) is 0.858. The van der Waals surface area contributed by atoms with Gasteiger partial charge in [0.15, 0.2) is 12.6 Å². The predicted octanol–water partition coefficient (Wildman–Crippen LogP) is 0.796. The minimum Gasteiger partial charge on any atom is -0.493 e. The van der Waals surface area contributed by atoms with Gasteiger partial charge in [0.25, 0.3) is 0 Å². The summed E-state index contributed by atoms with van der Waals surface area (Å²) in [6, 6.07) is 0. The Labute approximate surface area is 94.4 Å². The lowest BCUT2D eigenvalue weighted by atomic mass is 10.4. The lowest BCUT2D eigenvalue weighted by Gasteiger charge is -2.30. The van der Waals surface area contributed by atoms with E-state index in [1.807, 2.05) is 0 Å². The summed E-state index contributed by atoms with van der Waals surface area (Å²) in [5, 5.41) is 0. The van der Waals surface area contributed by atoms with Crippen molar-refractivity contribution in [1.82, 2.24) is 0 Å². The molecule has 0 aromatic carbocycles. The quantitative estimate of drug-likeness (QED) is 0.267. The van der Waals surface area contributed by atoms with Gasteiger partial charge >= 0.3 is 11.9 Å². The fraction of sp³-hybridized carbons (Fsp3) is 0.500. The maximum absolute atomic E-state index is 10.8. The van der Waals surface area contributed by atoms with Crippen molar-refractivity contribution < 1.29 is 28.5 Å². The second kappa shape index (κ2) is 7.00. The second-order valence-corrected chi connectivity index (χ2v) is 2.52. The monoisotopic (exact) mass is 232 g/mol. The van der Waals surface area contributed by atoms with Crippen LogP contribution in [0.4, 0.5) is 0 Å². The zero-order valence-electron chi connectivity index (χ0n) is 9.65. The summed E-state index contributed by atoms with van der Waals surface area (Å²) in [5.74, 6) is -2.13. The molecule has 0 aliphatic heterocycles. The molecule has 0 aliphatic carbocycles. The van der Waals surface area contributed by atoms with Gasteiger partial charge in [0.1, 0.15) is 0 Å². The molecule has 0 aliphatic rings. The van der Waals surface area contributed by atoms with Crippen LogP contribution in [0, 0.1) is 0 Å². The molecule has 0 aromatic heterocycles. The maximum Gasteiger partial charge on any atom is 0.347 e. The summed E-state index contributed by atoms with van der Waals surface area (Å²) in [6.45, 7) is 6.40. The highest BCUT2D eigenvalue weighted by Gasteiger charge is 2.37. The molecule has 0 saturated carbocycles. The van der Waals surface area contributed by atoms with Crippen LogP contribution in [-0.2, 0) is 28.5 Å². The summed E-state index contributed by atoms with van der Waals surface area (Å²) < 4.78 is 24.5. The van der Waals surface area contributed by atoms with E-state index in [4.69, 9.17) is 18.9 Å². The van der Waals surface area contributed by atoms with E-state index in [2.05, 4.69) is 17.9 Å². The van der Waals surface area contributed by atoms with Crippen molar-refractivity contribution >= 4 is 5.97 Å². The summed E-state index contributed by atoms with van der Waals surface area (Å²) in [5.41, 5.74) is 0. The summed E-state index contributed by atoms with van der Waals surface area (Å²) in [7, 11) is 4.06. The van der Waals surface area contributed by atoms with Crippen LogP contribution < -0.4 is 0 Å². The molecule has 0 aromatic rings. The van der Waals surface area contributed by atoms with Crippen LogP contribution in [0.15, 0.2) is 25.0 Å². The molecule has 6 nitrogen and oxygen atoms in total. The van der Waals surface area contributed by atoms with Crippen molar-refractivity contribution in [2.45, 2.75) is 5.97 Å². The second-order valence-electron chi connectivity index (χ2n) is 2.52. The van der Waals surface area contributed by atoms with Crippen molar-refractivity contribution in [3.8, 4) is 0 Å². The van der Waals surface area contributed by atoms with Gasteiger partial charge in [0.2, 0.25) is 0 Å². The minimum absolute atomic E-state index is 0.0900. The molecule has 0 unspecified atom stereocenters. The lowest BCUT2D eigenvalue weighted by Crippen LogP contribution is -2.40. The zero-order valence-corrected chi connectivity index (χ0v) is 9.65. The molecule has 0 heterocycles. The molecule has 0 rings (SSSR count). The first-order valence-corrected chi connectivity index (χ1v) is 4.33. The van der Waals surface area contributed by atoms with Crippen molar-refractivity contribution in [3.63, 3.8) is 0 Å². The van der Waals surface area contributed by atoms with Gasteiger partial charge in [-0.2, -0.15) is 0 Å². The molecule has 6 heteroatoms. The topological polar surface area (TPSA) is 63.2 Å². The van der Waals surface area contributed by atoms with Gasteiger partial charge in [0, 0.05) is 20.3 Å². The third-order valence-corrected chi connectivity index (χ3v) is 1.74. The minimum atomic E-state index is -1.60. The molecule has 0 fully saturated rings. The van der Waals surface area contributed by atoms with Crippen molar-refractivity contribution in [3.05, 3.63) is 25.0 Å². The van der Waals surface area contributed by atoms with Crippen LogP contribution in [0.25, 0.3) is 0 Å². The van der Waals surface area contributed by atoms with Gasteiger partial charge in [-0.25, -0.2) is 4.79 Å². The van der Waals surface area contributed by atoms with Crippen LogP contribution in [-0.4, -0.2) is 40.1 Å². The molecule has 0 N–H and O–H groups in total. The molecule has 92 valence electrons. The molecular weight excluding hydrogens is 216 g/mol. The van der Waals surface area contributed by atoms with Crippen LogP contribution in [0.3, 0.4) is 0 Å². The highest BCUT2D eigenvalue weighted by Crippen LogP contribution is 2.22. The van der Waals surface area contributed by atoms with Crippen LogP contribution in [0.5, 0.6) is 0 Å². The van der Waals surface area contributed by atoms with Gasteiger partial charge < -0.3 is 18.9 Å². The van der Waals surface area contributed by atoms with Gasteiger partial charge in [0.05, 0.1) is 7.11 Å². The summed E-state index contributed by atoms with van der Waals surface area (Å²) in [6.07, 6.45) is 1.01. The SMILES string of the molecule is C=CC(=O)OCOC(OC)(OC)C(=C)OC. The van der Waals surface area contributed by atoms with E-state index in [1.165, 1.54) is 21.3 Å². The number of carbonyl (C=O) groups is 1. The number of methoxy groups -OCH3 is 3. The number of carbonyl (C=O) groups excluding carboxylic acids is 1. The molecule has 0 atom stereocenters. The predicted molar refractivity (Wildman–Crippen MR) is 55.1 cm³/mol. The molecule has 0 amide bonds. The van der Waals surface area contributed by atoms with Gasteiger partial charge in [-0.3, -0.25) is 4.74 Å². The third-order valence-electron chi connectivity index (χ3n) is 1.74. The Kier molecular flexibility index (Phi) is 6.40. The van der Waals surface area contributed by atoms with E-state index >= 15 is 0 Å². The average Bonchev–Trinajstić information content (AvgIpc) is 2.33. The first kappa shape index (κ1) is 14.6. The number of esters is 1. The largest absolute Gasteiger partial charge is 0.493 e. The van der Waals surface area contributed by atoms with E-state index < -0.39 is 11.9 Å². The van der Waals surface area contributed by atoms with Crippen LogP contribution in [0.2, 0.25) is 0 Å². The van der Waals surface area contributed by atoms with Crippen molar-refractivity contribution in [1.29, 1.82) is 0 Å². The molecule has 0 saturated heterocycles. The molecule has 0 bridgehead atoms. The van der Waals surface area contributed by atoms with Crippen LogP contribution >= 0.6 is 0 Å². The number of ether oxygens (including phenoxy) is 5. The van der Waals surface area contributed by atoms with E-state index in [0.717, 1.165) is 6.08 Å². The Morgan fingerprint density at radius 3 is 2.25 bits per heavy atom. The number of hydrogen-bond acceptors (Lipinski definition) is 6. The molecule has 16 heavy (non-hydrogen) atoms. The standard InChI is InChI=1S/C10H16O6/c1-6-9(11)15-7-16-10(13-4,14-5)8(2)12-3/h6H,1-2,7H2,3-5H3. The highest BCUT2D eigenvalue weighted by molar-refractivity contribution is 5.81. The highest BCUT2D eigenvalue weighted by atomic mass is 16.9. The van der Waals surface area contributed by atoms with Crippen LogP contribution in [0.1, 0.15) is 0 Å². The lowest BCUT2D eigenvalue weighted by molar-refractivity contribution is -0.367. The van der Waals surface area contributed by atoms with E-state index in [1.54, 1.807) is 0 Å². The van der Waals surface area contributed by atoms with Gasteiger partial charge in [-0.15, -0.1) is 0 Å². The smallest absolute Gasteiger partial charge is 0.347 e. The first-order chi connectivity index (χ1) is 7.56. The van der Waals surface area contributed by atoms with Gasteiger partial charge in [-0.1, -0.05) is 13.2 Å². The van der Waals surface area contributed by atoms with E-state index in [9.17, 15) is 4.79 Å². The Hall–Kier alpha value is -1.37. The van der Waals surface area contributed by atoms with E-state index in [-0.39, 0.29) is 12.6 Å². The zero-order chi connectivity index (χ0) is 12.6. The van der Waals surface area contributed by atoms with Crippen molar-refractivity contribution in [2.75, 3.05) is 28.1 Å². The van der Waals surface area contributed by atoms with E-state index in [0.29, 0.717) is 0 Å². The first-order valence-electron chi connectivity index (χ1n) is 4.33. The van der Waals surface area contributed by atoms with Gasteiger partial charge in [-0.05, 0) is 0 Å². The Morgan fingerprint density at radius 2 is 1.88 bits per heavy atom. The summed E-state index contributed by atoms with van der Waals surface area (Å²) in [4.78, 5) is 10.8. The fourth-order valence-electron chi connectivity index (χ4n) is 0.858. The number of hydrogen-bond donors (Lipinski definition) is 0. The maximum atomic E-state index is 10.8. The third kappa shape index (κ3) is 3.65. The molecular formula is C10H16O6. The average molecular weight is 232 g/mol. The summed E-state index contributed by atoms with van der Waals surface area (Å²) >= 11 is 0.